The maximum absolute atomic E-state index is 6.39. The minimum absolute atomic E-state index is 1.25. The van der Waals surface area contributed by atoms with Crippen LogP contribution in [0.3, 0.4) is 0 Å². The van der Waals surface area contributed by atoms with E-state index < -0.39 is 0 Å². The zero-order valence-electron chi connectivity index (χ0n) is 7.23. The molecule has 56 valence electrons. The van der Waals surface area contributed by atoms with Crippen LogP contribution in [0.4, 0.5) is 0 Å². The van der Waals surface area contributed by atoms with Gasteiger partial charge in [-0.2, -0.15) is 0 Å². The number of allylic oxidation sites excluding steroid dienone is 2. The maximum atomic E-state index is 6.39. The lowest BCUT2D eigenvalue weighted by molar-refractivity contribution is 1.50. The van der Waals surface area contributed by atoms with E-state index in [0.717, 1.165) is 0 Å². The third-order valence-corrected chi connectivity index (χ3v) is 0.289. The molecule has 0 saturated carbocycles. The Morgan fingerprint density at radius 1 is 1.00 bits per heavy atom. The summed E-state index contributed by atoms with van der Waals surface area (Å²) in [7, 11) is 0. The first-order valence-corrected chi connectivity index (χ1v) is 3.53. The molecular weight excluding hydrogens is 110 g/mol. The van der Waals surface area contributed by atoms with E-state index in [2.05, 4.69) is 0 Å². The van der Waals surface area contributed by atoms with Crippen LogP contribution in [0.2, 0.25) is 0 Å². The monoisotopic (exact) mass is 129 g/mol. The van der Waals surface area contributed by atoms with Crippen molar-refractivity contribution in [2.75, 3.05) is 0 Å². The van der Waals surface area contributed by atoms with Crippen molar-refractivity contribution in [2.45, 2.75) is 34.6 Å². The van der Waals surface area contributed by atoms with Gasteiger partial charge in [-0.3, -0.25) is 0 Å². The van der Waals surface area contributed by atoms with Gasteiger partial charge in [-0.05, 0) is 13.0 Å². The first-order valence-electron chi connectivity index (χ1n) is 3.53. The van der Waals surface area contributed by atoms with E-state index in [4.69, 9.17) is 5.41 Å². The zero-order chi connectivity index (χ0) is 8.12. The van der Waals surface area contributed by atoms with Crippen molar-refractivity contribution in [1.82, 2.24) is 0 Å². The lowest BCUT2D eigenvalue weighted by atomic mass is 10.6. The van der Waals surface area contributed by atoms with E-state index in [9.17, 15) is 0 Å². The Morgan fingerprint density at radius 3 is 1.33 bits per heavy atom. The smallest absolute Gasteiger partial charge is 0.0174 e. The van der Waals surface area contributed by atoms with Crippen LogP contribution in [0.25, 0.3) is 0 Å². The van der Waals surface area contributed by atoms with Crippen LogP contribution in [-0.4, -0.2) is 6.21 Å². The molecular formula is C8H19N. The van der Waals surface area contributed by atoms with Gasteiger partial charge in [0.25, 0.3) is 0 Å². The van der Waals surface area contributed by atoms with Gasteiger partial charge in [0, 0.05) is 6.21 Å². The highest BCUT2D eigenvalue weighted by atomic mass is 14.3. The van der Waals surface area contributed by atoms with E-state index in [1.165, 1.54) is 6.21 Å². The van der Waals surface area contributed by atoms with E-state index in [0.29, 0.717) is 0 Å². The molecule has 1 nitrogen and oxygen atoms in total. The van der Waals surface area contributed by atoms with Crippen LogP contribution >= 0.6 is 0 Å². The number of hydrogen-bond donors (Lipinski definition) is 1. The predicted octanol–water partition coefficient (Wildman–Crippen LogP) is 3.26. The van der Waals surface area contributed by atoms with Gasteiger partial charge in [0.05, 0.1) is 0 Å². The first kappa shape index (κ1) is 15.8. The SMILES string of the molecule is C/C=C\C=N.CC.CC. The average molecular weight is 129 g/mol. The molecule has 1 N–H and O–H groups in total. The standard InChI is InChI=1S/C4H7N.2C2H6/c1-2-3-4-5;2*1-2/h2-5H,1H3;2*1-2H3/b3-2-,5-4?;;. The summed E-state index contributed by atoms with van der Waals surface area (Å²) in [5.41, 5.74) is 0. The molecule has 0 aromatic rings. The van der Waals surface area contributed by atoms with Crippen molar-refractivity contribution in [1.29, 1.82) is 5.41 Å². The minimum atomic E-state index is 1.25. The molecule has 0 saturated heterocycles. The molecule has 0 bridgehead atoms. The molecule has 0 unspecified atom stereocenters. The summed E-state index contributed by atoms with van der Waals surface area (Å²) >= 11 is 0. The van der Waals surface area contributed by atoms with Crippen molar-refractivity contribution in [3.8, 4) is 0 Å². The Labute approximate surface area is 59.3 Å². The fraction of sp³-hybridized carbons (Fsp3) is 0.625. The van der Waals surface area contributed by atoms with Crippen LogP contribution in [0.15, 0.2) is 12.2 Å². The quantitative estimate of drug-likeness (QED) is 0.525. The lowest BCUT2D eigenvalue weighted by Crippen LogP contribution is -1.48. The normalized spacial score (nSPS) is 6.33. The third-order valence-electron chi connectivity index (χ3n) is 0.289. The number of hydrogen-bond acceptors (Lipinski definition) is 1. The van der Waals surface area contributed by atoms with Gasteiger partial charge in [-0.25, -0.2) is 0 Å². The average Bonchev–Trinajstić information content (AvgIpc) is 1.98. The molecule has 0 aliphatic carbocycles. The summed E-state index contributed by atoms with van der Waals surface area (Å²) in [5.74, 6) is 0. The van der Waals surface area contributed by atoms with Crippen LogP contribution in [0.1, 0.15) is 34.6 Å². The van der Waals surface area contributed by atoms with Gasteiger partial charge in [0.15, 0.2) is 0 Å². The number of rotatable bonds is 1. The summed E-state index contributed by atoms with van der Waals surface area (Å²) in [6.07, 6.45) is 4.73. The van der Waals surface area contributed by atoms with Gasteiger partial charge < -0.3 is 5.41 Å². The molecule has 0 amide bonds. The molecule has 0 heterocycles. The van der Waals surface area contributed by atoms with Gasteiger partial charge >= 0.3 is 0 Å². The van der Waals surface area contributed by atoms with E-state index in [-0.39, 0.29) is 0 Å². The second-order valence-electron chi connectivity index (χ2n) is 0.692. The maximum Gasteiger partial charge on any atom is 0.0174 e. The van der Waals surface area contributed by atoms with Gasteiger partial charge in [-0.1, -0.05) is 33.8 Å². The molecule has 0 aliphatic rings. The Kier molecular flexibility index (Phi) is 91.9. The van der Waals surface area contributed by atoms with Crippen molar-refractivity contribution < 1.29 is 0 Å². The van der Waals surface area contributed by atoms with Crippen LogP contribution in [0, 0.1) is 5.41 Å². The van der Waals surface area contributed by atoms with Crippen LogP contribution in [-0.2, 0) is 0 Å². The summed E-state index contributed by atoms with van der Waals surface area (Å²) in [5, 5.41) is 6.39. The Bertz CT molecular complexity index is 46.5. The zero-order valence-corrected chi connectivity index (χ0v) is 7.23. The summed E-state index contributed by atoms with van der Waals surface area (Å²) in [4.78, 5) is 0. The topological polar surface area (TPSA) is 23.9 Å². The molecule has 0 aromatic heterocycles. The second-order valence-corrected chi connectivity index (χ2v) is 0.692. The summed E-state index contributed by atoms with van der Waals surface area (Å²) in [6, 6.07) is 0. The molecule has 0 rings (SSSR count). The van der Waals surface area contributed by atoms with Crippen molar-refractivity contribution >= 4 is 6.21 Å². The predicted molar refractivity (Wildman–Crippen MR) is 46.3 cm³/mol. The fourth-order valence-corrected chi connectivity index (χ4v) is 0.0962. The van der Waals surface area contributed by atoms with E-state index in [1.807, 2.05) is 40.7 Å². The highest BCUT2D eigenvalue weighted by molar-refractivity contribution is 5.67. The fourth-order valence-electron chi connectivity index (χ4n) is 0.0962. The summed E-state index contributed by atoms with van der Waals surface area (Å²) < 4.78 is 0. The van der Waals surface area contributed by atoms with Crippen molar-refractivity contribution in [3.63, 3.8) is 0 Å². The van der Waals surface area contributed by atoms with Crippen LogP contribution < -0.4 is 0 Å². The molecule has 9 heavy (non-hydrogen) atoms. The van der Waals surface area contributed by atoms with Crippen LogP contribution in [0.5, 0.6) is 0 Å². The van der Waals surface area contributed by atoms with Crippen molar-refractivity contribution in [2.24, 2.45) is 0 Å². The van der Waals surface area contributed by atoms with E-state index >= 15 is 0 Å². The molecule has 1 heteroatoms. The molecule has 0 fully saturated rings. The highest BCUT2D eigenvalue weighted by Gasteiger charge is 1.43. The van der Waals surface area contributed by atoms with Gasteiger partial charge in [0.1, 0.15) is 0 Å². The highest BCUT2D eigenvalue weighted by Crippen LogP contribution is 1.55. The molecule has 0 radical (unpaired) electrons. The minimum Gasteiger partial charge on any atom is -0.309 e. The molecule has 0 aliphatic heterocycles. The Morgan fingerprint density at radius 2 is 1.33 bits per heavy atom. The Hall–Kier alpha value is -0.590. The molecule has 0 spiro atoms. The largest absolute Gasteiger partial charge is 0.309 e. The number of nitrogens with one attached hydrogen (secondary N) is 1. The first-order chi connectivity index (χ1) is 4.41. The third kappa shape index (κ3) is 109. The second kappa shape index (κ2) is 52.4. The molecule has 0 aromatic carbocycles. The van der Waals surface area contributed by atoms with E-state index in [1.54, 1.807) is 6.08 Å². The Balaban J connectivity index is -0.0000000771. The lowest BCUT2D eigenvalue weighted by Gasteiger charge is -1.54. The van der Waals surface area contributed by atoms with Gasteiger partial charge in [-0.15, -0.1) is 0 Å². The summed E-state index contributed by atoms with van der Waals surface area (Å²) in [6.45, 7) is 9.88. The van der Waals surface area contributed by atoms with Crippen molar-refractivity contribution in [3.05, 3.63) is 12.2 Å². The molecule has 0 atom stereocenters. The van der Waals surface area contributed by atoms with Gasteiger partial charge in [0.2, 0.25) is 0 Å².